The van der Waals surface area contributed by atoms with Gasteiger partial charge in [-0.15, -0.1) is 11.3 Å². The van der Waals surface area contributed by atoms with E-state index >= 15 is 0 Å². The zero-order valence-electron chi connectivity index (χ0n) is 15.3. The second kappa shape index (κ2) is 7.37. The lowest BCUT2D eigenvalue weighted by atomic mass is 10.2. The van der Waals surface area contributed by atoms with Crippen LogP contribution in [-0.4, -0.2) is 9.97 Å². The molecule has 0 amide bonds. The van der Waals surface area contributed by atoms with Crippen molar-refractivity contribution in [1.29, 1.82) is 0 Å². The highest BCUT2D eigenvalue weighted by molar-refractivity contribution is 7.21. The van der Waals surface area contributed by atoms with Gasteiger partial charge in [-0.05, 0) is 35.9 Å². The van der Waals surface area contributed by atoms with E-state index in [9.17, 15) is 4.79 Å². The van der Waals surface area contributed by atoms with Crippen molar-refractivity contribution >= 4 is 21.6 Å². The van der Waals surface area contributed by atoms with Crippen molar-refractivity contribution in [3.05, 3.63) is 101 Å². The largest absolute Gasteiger partial charge is 0.457 e. The molecule has 5 aromatic rings. The molecule has 140 valence electrons. The molecule has 0 unspecified atom stereocenters. The van der Waals surface area contributed by atoms with E-state index in [4.69, 9.17) is 9.72 Å². The third-order valence-electron chi connectivity index (χ3n) is 4.55. The summed E-state index contributed by atoms with van der Waals surface area (Å²) in [7, 11) is 0. The fourth-order valence-corrected chi connectivity index (χ4v) is 4.18. The van der Waals surface area contributed by atoms with Crippen molar-refractivity contribution in [3.8, 4) is 33.3 Å². The summed E-state index contributed by atoms with van der Waals surface area (Å²) in [5.41, 5.74) is 1.74. The summed E-state index contributed by atoms with van der Waals surface area (Å²) in [4.78, 5) is 22.0. The van der Waals surface area contributed by atoms with Crippen LogP contribution in [0.25, 0.3) is 32.0 Å². The number of benzene rings is 3. The van der Waals surface area contributed by atoms with Gasteiger partial charge in [-0.3, -0.25) is 4.79 Å². The van der Waals surface area contributed by atoms with Gasteiger partial charge in [0, 0.05) is 10.4 Å². The van der Waals surface area contributed by atoms with Crippen molar-refractivity contribution in [1.82, 2.24) is 9.97 Å². The van der Waals surface area contributed by atoms with Crippen LogP contribution in [0.2, 0.25) is 0 Å². The predicted molar refractivity (Wildman–Crippen MR) is 118 cm³/mol. The Hall–Kier alpha value is -3.70. The number of fused-ring (bicyclic) bond motifs is 1. The maximum atomic E-state index is 12.7. The molecule has 2 heterocycles. The molecule has 1 N–H and O–H groups in total. The Morgan fingerprint density at radius 3 is 2.24 bits per heavy atom. The van der Waals surface area contributed by atoms with Gasteiger partial charge in [-0.1, -0.05) is 60.7 Å². The quantitative estimate of drug-likeness (QED) is 0.399. The number of thiophene rings is 1. The summed E-state index contributed by atoms with van der Waals surface area (Å²) in [5.74, 6) is 1.97. The van der Waals surface area contributed by atoms with Crippen molar-refractivity contribution < 1.29 is 4.74 Å². The molecular formula is C24H16N2O2S. The molecule has 0 aliphatic heterocycles. The number of aromatic nitrogens is 2. The molecule has 0 bridgehead atoms. The number of rotatable bonds is 4. The summed E-state index contributed by atoms with van der Waals surface area (Å²) >= 11 is 1.52. The SMILES string of the molecule is O=c1[nH]c(-c2cccc(Oc3ccccc3)c2)nc2sc(-c3ccccc3)cc12. The summed E-state index contributed by atoms with van der Waals surface area (Å²) in [6, 6.07) is 29.1. The second-order valence-electron chi connectivity index (χ2n) is 6.55. The Labute approximate surface area is 171 Å². The molecule has 29 heavy (non-hydrogen) atoms. The molecule has 0 aliphatic carbocycles. The van der Waals surface area contributed by atoms with E-state index in [1.807, 2.05) is 91.0 Å². The van der Waals surface area contributed by atoms with Crippen molar-refractivity contribution in [2.45, 2.75) is 0 Å². The fraction of sp³-hybridized carbons (Fsp3) is 0. The van der Waals surface area contributed by atoms with Gasteiger partial charge >= 0.3 is 0 Å². The van der Waals surface area contributed by atoms with Crippen molar-refractivity contribution in [2.75, 3.05) is 0 Å². The lowest BCUT2D eigenvalue weighted by Crippen LogP contribution is -2.07. The Morgan fingerprint density at radius 2 is 1.45 bits per heavy atom. The van der Waals surface area contributed by atoms with Crippen LogP contribution >= 0.6 is 11.3 Å². The van der Waals surface area contributed by atoms with Gasteiger partial charge in [-0.25, -0.2) is 4.98 Å². The van der Waals surface area contributed by atoms with Gasteiger partial charge in [0.15, 0.2) is 0 Å². The van der Waals surface area contributed by atoms with E-state index in [1.165, 1.54) is 11.3 Å². The third-order valence-corrected chi connectivity index (χ3v) is 5.63. The van der Waals surface area contributed by atoms with Crippen LogP contribution in [-0.2, 0) is 0 Å². The summed E-state index contributed by atoms with van der Waals surface area (Å²) in [6.45, 7) is 0. The van der Waals surface area contributed by atoms with Crippen LogP contribution in [0.5, 0.6) is 11.5 Å². The zero-order valence-corrected chi connectivity index (χ0v) is 16.1. The van der Waals surface area contributed by atoms with Crippen LogP contribution < -0.4 is 10.3 Å². The number of aromatic amines is 1. The molecule has 0 saturated carbocycles. The summed E-state index contributed by atoms with van der Waals surface area (Å²) in [6.07, 6.45) is 0. The Balaban J connectivity index is 1.54. The number of nitrogens with zero attached hydrogens (tertiary/aromatic N) is 1. The Morgan fingerprint density at radius 1 is 0.759 bits per heavy atom. The first-order valence-corrected chi connectivity index (χ1v) is 10.0. The van der Waals surface area contributed by atoms with Crippen LogP contribution in [0.4, 0.5) is 0 Å². The molecule has 5 rings (SSSR count). The maximum Gasteiger partial charge on any atom is 0.259 e. The molecule has 4 nitrogen and oxygen atoms in total. The first kappa shape index (κ1) is 17.4. The zero-order chi connectivity index (χ0) is 19.6. The number of nitrogens with one attached hydrogen (secondary N) is 1. The second-order valence-corrected chi connectivity index (χ2v) is 7.58. The van der Waals surface area contributed by atoms with E-state index in [1.54, 1.807) is 0 Å². The molecule has 0 spiro atoms. The molecule has 5 heteroatoms. The monoisotopic (exact) mass is 396 g/mol. The molecule has 0 atom stereocenters. The van der Waals surface area contributed by atoms with Gasteiger partial charge in [0.2, 0.25) is 0 Å². The normalized spacial score (nSPS) is 10.9. The first-order valence-electron chi connectivity index (χ1n) is 9.19. The van der Waals surface area contributed by atoms with Crippen LogP contribution in [0.3, 0.4) is 0 Å². The van der Waals surface area contributed by atoms with Gasteiger partial charge < -0.3 is 9.72 Å². The maximum absolute atomic E-state index is 12.7. The first-order chi connectivity index (χ1) is 14.3. The van der Waals surface area contributed by atoms with E-state index in [0.29, 0.717) is 17.0 Å². The smallest absolute Gasteiger partial charge is 0.259 e. The van der Waals surface area contributed by atoms with Crippen molar-refractivity contribution in [2.24, 2.45) is 0 Å². The summed E-state index contributed by atoms with van der Waals surface area (Å²) in [5, 5.41) is 0.606. The molecule has 2 aromatic heterocycles. The van der Waals surface area contributed by atoms with Crippen LogP contribution in [0.1, 0.15) is 0 Å². The minimum Gasteiger partial charge on any atom is -0.457 e. The van der Waals surface area contributed by atoms with Gasteiger partial charge in [0.25, 0.3) is 5.56 Å². The van der Waals surface area contributed by atoms with E-state index in [0.717, 1.165) is 26.6 Å². The number of H-pyrrole nitrogens is 1. The minimum absolute atomic E-state index is 0.141. The Kier molecular flexibility index (Phi) is 4.42. The van der Waals surface area contributed by atoms with Gasteiger partial charge in [0.05, 0.1) is 5.39 Å². The lowest BCUT2D eigenvalue weighted by molar-refractivity contribution is 0.483. The standard InChI is InChI=1S/C24H16N2O2S/c27-23-20-15-21(16-8-3-1-4-9-16)29-24(20)26-22(25-23)17-10-7-13-19(14-17)28-18-11-5-2-6-12-18/h1-15H,(H,25,26,27). The molecule has 0 fully saturated rings. The highest BCUT2D eigenvalue weighted by atomic mass is 32.1. The predicted octanol–water partition coefficient (Wildman–Crippen LogP) is 6.11. The average molecular weight is 396 g/mol. The lowest BCUT2D eigenvalue weighted by Gasteiger charge is -2.07. The molecule has 3 aromatic carbocycles. The molecule has 0 aliphatic rings. The van der Waals surface area contributed by atoms with E-state index in [2.05, 4.69) is 4.98 Å². The summed E-state index contributed by atoms with van der Waals surface area (Å²) < 4.78 is 5.90. The number of hydrogen-bond donors (Lipinski definition) is 1. The van der Waals surface area contributed by atoms with Crippen LogP contribution in [0.15, 0.2) is 95.8 Å². The Bertz CT molecular complexity index is 1340. The van der Waals surface area contributed by atoms with Crippen LogP contribution in [0, 0.1) is 0 Å². The topological polar surface area (TPSA) is 55.0 Å². The van der Waals surface area contributed by atoms with E-state index < -0.39 is 0 Å². The highest BCUT2D eigenvalue weighted by Crippen LogP contribution is 2.32. The van der Waals surface area contributed by atoms with E-state index in [-0.39, 0.29) is 5.56 Å². The number of para-hydroxylation sites is 1. The average Bonchev–Trinajstić information content (AvgIpc) is 3.20. The minimum atomic E-state index is -0.141. The third kappa shape index (κ3) is 3.56. The number of hydrogen-bond acceptors (Lipinski definition) is 4. The molecular weight excluding hydrogens is 380 g/mol. The molecule has 0 saturated heterocycles. The molecule has 0 radical (unpaired) electrons. The number of ether oxygens (including phenoxy) is 1. The van der Waals surface area contributed by atoms with Gasteiger partial charge in [-0.2, -0.15) is 0 Å². The highest BCUT2D eigenvalue weighted by Gasteiger charge is 2.12. The fourth-order valence-electron chi connectivity index (χ4n) is 3.14. The van der Waals surface area contributed by atoms with Crippen molar-refractivity contribution in [3.63, 3.8) is 0 Å². The van der Waals surface area contributed by atoms with Gasteiger partial charge in [0.1, 0.15) is 22.2 Å².